The van der Waals surface area contributed by atoms with Gasteiger partial charge in [-0.15, -0.1) is 17.9 Å². The molecule has 0 aromatic rings. The molecule has 0 spiro atoms. The van der Waals surface area contributed by atoms with Crippen LogP contribution < -0.4 is 5.11 Å². The van der Waals surface area contributed by atoms with E-state index in [0.717, 1.165) is 6.92 Å². The molecule has 2 atom stereocenters. The van der Waals surface area contributed by atoms with Crippen molar-refractivity contribution in [1.82, 2.24) is 0 Å². The second-order valence-electron chi connectivity index (χ2n) is 0.492. The zero-order valence-electron chi connectivity index (χ0n) is 3.79. The standard InChI is InChI=1S/C2H4O2.H4P2.Pd/c1-2(3)4;1-2;/h1H3,(H,3,4);1-2H2;/p-1. The molecule has 0 rings (SSSR count). The first kappa shape index (κ1) is 15.7. The van der Waals surface area contributed by atoms with Crippen LogP contribution in [0.4, 0.5) is 0 Å². The summed E-state index contributed by atoms with van der Waals surface area (Å²) >= 11 is 0. The SMILES string of the molecule is CC(=O)[O-].PP.[Pd]. The Kier molecular flexibility index (Phi) is 35.3. The molecule has 0 N–H and O–H groups in total. The van der Waals surface area contributed by atoms with Crippen molar-refractivity contribution in [3.63, 3.8) is 0 Å². The molecule has 0 aliphatic carbocycles. The van der Waals surface area contributed by atoms with Crippen LogP contribution in [0, 0.1) is 0 Å². The van der Waals surface area contributed by atoms with Gasteiger partial charge < -0.3 is 9.90 Å². The topological polar surface area (TPSA) is 40.1 Å². The summed E-state index contributed by atoms with van der Waals surface area (Å²) in [5.74, 6) is -1.08. The van der Waals surface area contributed by atoms with E-state index in [-0.39, 0.29) is 20.4 Å². The summed E-state index contributed by atoms with van der Waals surface area (Å²) in [5.41, 5.74) is 0. The van der Waals surface area contributed by atoms with Crippen molar-refractivity contribution >= 4 is 23.8 Å². The van der Waals surface area contributed by atoms with Gasteiger partial charge in [0.2, 0.25) is 0 Å². The molecule has 0 radical (unpaired) electrons. The molecular formula is C2H7O2P2Pd-. The van der Waals surface area contributed by atoms with Crippen LogP contribution in [0.15, 0.2) is 0 Å². The molecule has 7 heavy (non-hydrogen) atoms. The van der Waals surface area contributed by atoms with Crippen molar-refractivity contribution in [1.29, 1.82) is 0 Å². The number of hydrogen-bond acceptors (Lipinski definition) is 2. The van der Waals surface area contributed by atoms with Gasteiger partial charge in [-0.05, 0) is 6.92 Å². The van der Waals surface area contributed by atoms with E-state index in [1.807, 2.05) is 0 Å². The minimum atomic E-state index is -1.08. The van der Waals surface area contributed by atoms with Gasteiger partial charge in [0, 0.05) is 26.4 Å². The molecule has 0 aromatic heterocycles. The Labute approximate surface area is 61.4 Å². The number of rotatable bonds is 0. The van der Waals surface area contributed by atoms with E-state index in [1.165, 1.54) is 0 Å². The molecule has 0 saturated carbocycles. The van der Waals surface area contributed by atoms with Crippen molar-refractivity contribution in [3.05, 3.63) is 0 Å². The Morgan fingerprint density at radius 2 is 1.57 bits per heavy atom. The van der Waals surface area contributed by atoms with Crippen molar-refractivity contribution < 1.29 is 30.3 Å². The Balaban J connectivity index is -0.0000000480. The predicted octanol–water partition coefficient (Wildman–Crippen LogP) is -0.595. The maximum atomic E-state index is 8.89. The molecule has 0 aliphatic rings. The van der Waals surface area contributed by atoms with Gasteiger partial charge in [-0.2, -0.15) is 0 Å². The summed E-state index contributed by atoms with van der Waals surface area (Å²) in [6.45, 7) is 0.972. The van der Waals surface area contributed by atoms with Crippen LogP contribution in [0.1, 0.15) is 6.92 Å². The van der Waals surface area contributed by atoms with E-state index in [0.29, 0.717) is 0 Å². The third-order valence-electron chi connectivity index (χ3n) is 0. The Hall–Kier alpha value is 0.992. The maximum absolute atomic E-state index is 8.89. The summed E-state index contributed by atoms with van der Waals surface area (Å²) in [6, 6.07) is 0. The minimum Gasteiger partial charge on any atom is -0.550 e. The number of aliphatic carboxylic acids is 1. The van der Waals surface area contributed by atoms with Gasteiger partial charge in [-0.3, -0.25) is 0 Å². The molecule has 48 valence electrons. The average molecular weight is 231 g/mol. The first-order valence-electron chi connectivity index (χ1n) is 1.24. The molecule has 0 heterocycles. The number of carbonyl (C=O) groups excluding carboxylic acids is 1. The second kappa shape index (κ2) is 15.8. The first-order chi connectivity index (χ1) is 2.73. The summed E-state index contributed by atoms with van der Waals surface area (Å²) in [6.07, 6.45) is 0. The third-order valence-corrected chi connectivity index (χ3v) is 0. The van der Waals surface area contributed by atoms with Crippen LogP contribution in [0.5, 0.6) is 0 Å². The van der Waals surface area contributed by atoms with Gasteiger partial charge in [0.1, 0.15) is 0 Å². The smallest absolute Gasteiger partial charge is 0.0383 e. The van der Waals surface area contributed by atoms with E-state index in [2.05, 4.69) is 17.9 Å². The molecular weight excluding hydrogens is 224 g/mol. The summed E-state index contributed by atoms with van der Waals surface area (Å²) in [5, 5.41) is 8.89. The summed E-state index contributed by atoms with van der Waals surface area (Å²) in [7, 11) is 4.67. The normalized spacial score (nSPS) is 4.43. The first-order valence-corrected chi connectivity index (χ1v) is 3.91. The van der Waals surface area contributed by atoms with Gasteiger partial charge >= 0.3 is 0 Å². The monoisotopic (exact) mass is 231 g/mol. The molecule has 0 aromatic carbocycles. The zero-order valence-corrected chi connectivity index (χ0v) is 7.65. The van der Waals surface area contributed by atoms with Gasteiger partial charge in [0.05, 0.1) is 0 Å². The molecule has 5 heteroatoms. The Morgan fingerprint density at radius 1 is 1.57 bits per heavy atom. The fourth-order valence-electron chi connectivity index (χ4n) is 0. The summed E-state index contributed by atoms with van der Waals surface area (Å²) < 4.78 is 0. The Morgan fingerprint density at radius 3 is 1.57 bits per heavy atom. The molecule has 0 fully saturated rings. The molecule has 0 aliphatic heterocycles. The van der Waals surface area contributed by atoms with Gasteiger partial charge in [-0.25, -0.2) is 0 Å². The molecule has 2 nitrogen and oxygen atoms in total. The van der Waals surface area contributed by atoms with E-state index in [9.17, 15) is 0 Å². The number of carboxylic acids is 1. The van der Waals surface area contributed by atoms with E-state index in [1.54, 1.807) is 0 Å². The second-order valence-corrected chi connectivity index (χ2v) is 0.492. The largest absolute Gasteiger partial charge is 0.550 e. The number of carboxylic acid groups (broad SMARTS) is 1. The van der Waals surface area contributed by atoms with Crippen LogP contribution in [0.25, 0.3) is 0 Å². The molecule has 0 saturated heterocycles. The summed E-state index contributed by atoms with van der Waals surface area (Å²) in [4.78, 5) is 8.89. The van der Waals surface area contributed by atoms with Gasteiger partial charge in [0.15, 0.2) is 0 Å². The quantitative estimate of drug-likeness (QED) is 0.413. The van der Waals surface area contributed by atoms with Gasteiger partial charge in [0.25, 0.3) is 0 Å². The van der Waals surface area contributed by atoms with Crippen molar-refractivity contribution in [2.45, 2.75) is 6.92 Å². The molecule has 0 bridgehead atoms. The van der Waals surface area contributed by atoms with E-state index < -0.39 is 5.97 Å². The van der Waals surface area contributed by atoms with Crippen LogP contribution in [-0.4, -0.2) is 5.97 Å². The van der Waals surface area contributed by atoms with Crippen LogP contribution in [-0.2, 0) is 25.2 Å². The number of hydrogen-bond donors (Lipinski definition) is 0. The zero-order chi connectivity index (χ0) is 5.58. The van der Waals surface area contributed by atoms with E-state index >= 15 is 0 Å². The predicted molar refractivity (Wildman–Crippen MR) is 30.1 cm³/mol. The average Bonchev–Trinajstić information content (AvgIpc) is 1.41. The van der Waals surface area contributed by atoms with Crippen LogP contribution >= 0.6 is 17.9 Å². The minimum absolute atomic E-state index is 0. The van der Waals surface area contributed by atoms with E-state index in [4.69, 9.17) is 9.90 Å². The maximum Gasteiger partial charge on any atom is 0.0383 e. The molecule has 0 amide bonds. The fraction of sp³-hybridized carbons (Fsp3) is 0.500. The van der Waals surface area contributed by atoms with Crippen molar-refractivity contribution in [3.8, 4) is 0 Å². The molecule has 2 unspecified atom stereocenters. The number of carbonyl (C=O) groups is 1. The van der Waals surface area contributed by atoms with Crippen molar-refractivity contribution in [2.75, 3.05) is 0 Å². The fourth-order valence-corrected chi connectivity index (χ4v) is 0. The van der Waals surface area contributed by atoms with Crippen LogP contribution in [0.3, 0.4) is 0 Å². The van der Waals surface area contributed by atoms with Crippen LogP contribution in [0.2, 0.25) is 0 Å². The third kappa shape index (κ3) is 177. The Bertz CT molecular complexity index is 36.7. The van der Waals surface area contributed by atoms with Crippen molar-refractivity contribution in [2.24, 2.45) is 0 Å². The van der Waals surface area contributed by atoms with Gasteiger partial charge in [-0.1, -0.05) is 0 Å².